The van der Waals surface area contributed by atoms with Gasteiger partial charge >= 0.3 is 0 Å². The van der Waals surface area contributed by atoms with E-state index in [0.29, 0.717) is 22.1 Å². The maximum Gasteiger partial charge on any atom is 0.236 e. The van der Waals surface area contributed by atoms with Crippen LogP contribution in [0.1, 0.15) is 42.5 Å². The van der Waals surface area contributed by atoms with Crippen LogP contribution in [0.4, 0.5) is 5.82 Å². The van der Waals surface area contributed by atoms with Crippen LogP contribution >= 0.6 is 11.6 Å². The lowest BCUT2D eigenvalue weighted by molar-refractivity contribution is -0.121. The van der Waals surface area contributed by atoms with E-state index < -0.39 is 15.3 Å². The molecular formula is C23H22ClN3O3S. The first-order chi connectivity index (χ1) is 14.9. The summed E-state index contributed by atoms with van der Waals surface area (Å²) in [5, 5.41) is 8.26. The second-order valence-corrected chi connectivity index (χ2v) is 10.8. The predicted molar refractivity (Wildman–Crippen MR) is 120 cm³/mol. The molecule has 160 valence electrons. The number of carbonyl (C=O) groups is 1. The van der Waals surface area contributed by atoms with E-state index in [1.807, 2.05) is 54.6 Å². The number of halogens is 1. The molecule has 1 N–H and O–H groups in total. The number of anilines is 1. The van der Waals surface area contributed by atoms with Crippen molar-refractivity contribution in [2.75, 3.05) is 5.32 Å². The number of nitrogens with one attached hydrogen (secondary N) is 1. The topological polar surface area (TPSA) is 81.1 Å². The van der Waals surface area contributed by atoms with Gasteiger partial charge in [0.15, 0.2) is 9.84 Å². The van der Waals surface area contributed by atoms with Gasteiger partial charge in [0, 0.05) is 10.6 Å². The molecule has 0 spiro atoms. The van der Waals surface area contributed by atoms with Gasteiger partial charge in [0.25, 0.3) is 0 Å². The van der Waals surface area contributed by atoms with Crippen molar-refractivity contribution in [2.24, 2.45) is 0 Å². The van der Waals surface area contributed by atoms with E-state index in [1.54, 1.807) is 4.68 Å². The van der Waals surface area contributed by atoms with Gasteiger partial charge in [-0.3, -0.25) is 4.79 Å². The molecule has 31 heavy (non-hydrogen) atoms. The minimum absolute atomic E-state index is 0.104. The first kappa shape index (κ1) is 20.3. The van der Waals surface area contributed by atoms with Crippen LogP contribution in [0.2, 0.25) is 5.02 Å². The Balaban J connectivity index is 1.57. The number of benzene rings is 2. The zero-order chi connectivity index (χ0) is 21.6. The number of para-hydroxylation sites is 1. The van der Waals surface area contributed by atoms with Gasteiger partial charge in [-0.1, -0.05) is 54.8 Å². The van der Waals surface area contributed by atoms with Crippen LogP contribution in [0.15, 0.2) is 54.6 Å². The Morgan fingerprint density at radius 2 is 1.68 bits per heavy atom. The van der Waals surface area contributed by atoms with Gasteiger partial charge < -0.3 is 5.32 Å². The molecule has 1 amide bonds. The van der Waals surface area contributed by atoms with Crippen LogP contribution in [0, 0.1) is 0 Å². The predicted octanol–water partition coefficient (Wildman–Crippen LogP) is 4.40. The number of nitrogens with zero attached hydrogens (tertiary/aromatic N) is 2. The third-order valence-electron chi connectivity index (χ3n) is 6.31. The normalized spacial score (nSPS) is 18.6. The molecule has 2 aliphatic rings. The van der Waals surface area contributed by atoms with Crippen molar-refractivity contribution in [3.8, 4) is 5.69 Å². The molecular weight excluding hydrogens is 434 g/mol. The van der Waals surface area contributed by atoms with Crippen molar-refractivity contribution < 1.29 is 13.2 Å². The summed E-state index contributed by atoms with van der Waals surface area (Å²) in [7, 11) is -3.25. The average molecular weight is 456 g/mol. The van der Waals surface area contributed by atoms with Crippen molar-refractivity contribution in [3.05, 3.63) is 76.4 Å². The van der Waals surface area contributed by atoms with E-state index in [2.05, 4.69) is 10.4 Å². The summed E-state index contributed by atoms with van der Waals surface area (Å²) in [6.07, 6.45) is 3.39. The molecule has 1 fully saturated rings. The Hall–Kier alpha value is -2.64. The number of carbonyl (C=O) groups excluding carboxylic acids is 1. The van der Waals surface area contributed by atoms with Gasteiger partial charge in [-0.2, -0.15) is 5.10 Å². The Kier molecular flexibility index (Phi) is 4.90. The highest BCUT2D eigenvalue weighted by molar-refractivity contribution is 7.90. The fourth-order valence-corrected chi connectivity index (χ4v) is 6.37. The van der Waals surface area contributed by atoms with Gasteiger partial charge in [-0.25, -0.2) is 13.1 Å². The second-order valence-electron chi connectivity index (χ2n) is 8.30. The van der Waals surface area contributed by atoms with Gasteiger partial charge in [0.2, 0.25) is 5.91 Å². The average Bonchev–Trinajstić information content (AvgIpc) is 3.44. The number of amides is 1. The summed E-state index contributed by atoms with van der Waals surface area (Å²) in [6.45, 7) is 0. The highest BCUT2D eigenvalue weighted by Crippen LogP contribution is 2.43. The molecule has 8 heteroatoms. The zero-order valence-electron chi connectivity index (χ0n) is 16.8. The fraction of sp³-hybridized carbons (Fsp3) is 0.304. The molecule has 6 nitrogen and oxygen atoms in total. The van der Waals surface area contributed by atoms with Crippen LogP contribution < -0.4 is 5.32 Å². The van der Waals surface area contributed by atoms with E-state index in [0.717, 1.165) is 36.9 Å². The molecule has 2 aromatic carbocycles. The molecule has 5 rings (SSSR count). The molecule has 0 saturated heterocycles. The van der Waals surface area contributed by atoms with Crippen LogP contribution in [0.3, 0.4) is 0 Å². The largest absolute Gasteiger partial charge is 0.310 e. The number of aromatic nitrogens is 2. The maximum atomic E-state index is 13.7. The molecule has 0 radical (unpaired) electrons. The van der Waals surface area contributed by atoms with Crippen LogP contribution in [0.5, 0.6) is 0 Å². The SMILES string of the molecule is O=C(Nc1c2c(nn1-c1ccccc1)CS(=O)(=O)C2)C1(c2ccc(Cl)cc2)CCCC1. The smallest absolute Gasteiger partial charge is 0.236 e. The number of fused-ring (bicyclic) bond motifs is 1. The monoisotopic (exact) mass is 455 g/mol. The lowest BCUT2D eigenvalue weighted by Gasteiger charge is -2.28. The molecule has 1 aliphatic heterocycles. The molecule has 0 atom stereocenters. The number of hydrogen-bond acceptors (Lipinski definition) is 4. The standard InChI is InChI=1S/C23H22ClN3O3S/c24-17-10-8-16(9-11-17)23(12-4-5-13-23)22(28)25-21-19-14-31(29,30)15-20(19)26-27(21)18-6-2-1-3-7-18/h1-3,6-11H,4-5,12-15H2,(H,25,28). The first-order valence-electron chi connectivity index (χ1n) is 10.3. The zero-order valence-corrected chi connectivity index (χ0v) is 18.4. The van der Waals surface area contributed by atoms with Crippen LogP contribution in [-0.4, -0.2) is 24.1 Å². The van der Waals surface area contributed by atoms with Crippen molar-refractivity contribution >= 4 is 33.2 Å². The first-order valence-corrected chi connectivity index (χ1v) is 12.5. The Bertz CT molecular complexity index is 1250. The summed E-state index contributed by atoms with van der Waals surface area (Å²) in [6, 6.07) is 16.9. The molecule has 0 unspecified atom stereocenters. The third-order valence-corrected chi connectivity index (χ3v) is 8.00. The van der Waals surface area contributed by atoms with Crippen LogP contribution in [0.25, 0.3) is 5.69 Å². The van der Waals surface area contributed by atoms with Gasteiger partial charge in [0.05, 0.1) is 28.3 Å². The van der Waals surface area contributed by atoms with E-state index in [9.17, 15) is 13.2 Å². The number of sulfone groups is 1. The van der Waals surface area contributed by atoms with Gasteiger partial charge in [0.1, 0.15) is 5.82 Å². The fourth-order valence-electron chi connectivity index (χ4n) is 4.75. The Labute approximate surface area is 186 Å². The van der Waals surface area contributed by atoms with Crippen molar-refractivity contribution in [1.82, 2.24) is 9.78 Å². The highest BCUT2D eigenvalue weighted by atomic mass is 35.5. The molecule has 2 heterocycles. The lowest BCUT2D eigenvalue weighted by atomic mass is 9.78. The highest BCUT2D eigenvalue weighted by Gasteiger charge is 2.44. The Morgan fingerprint density at radius 1 is 1.00 bits per heavy atom. The van der Waals surface area contributed by atoms with E-state index >= 15 is 0 Å². The number of hydrogen-bond donors (Lipinski definition) is 1. The summed E-state index contributed by atoms with van der Waals surface area (Å²) in [5.74, 6) is 0.107. The third kappa shape index (κ3) is 3.55. The summed E-state index contributed by atoms with van der Waals surface area (Å²) < 4.78 is 26.1. The summed E-state index contributed by atoms with van der Waals surface area (Å²) >= 11 is 6.07. The minimum Gasteiger partial charge on any atom is -0.310 e. The molecule has 1 aromatic heterocycles. The van der Waals surface area contributed by atoms with Crippen molar-refractivity contribution in [2.45, 2.75) is 42.6 Å². The summed E-state index contributed by atoms with van der Waals surface area (Å²) in [4.78, 5) is 13.7. The van der Waals surface area contributed by atoms with E-state index in [4.69, 9.17) is 11.6 Å². The van der Waals surface area contributed by atoms with E-state index in [1.165, 1.54) is 0 Å². The molecule has 3 aromatic rings. The quantitative estimate of drug-likeness (QED) is 0.632. The maximum absolute atomic E-state index is 13.7. The van der Waals surface area contributed by atoms with Gasteiger partial charge in [-0.15, -0.1) is 0 Å². The molecule has 1 saturated carbocycles. The minimum atomic E-state index is -3.25. The lowest BCUT2D eigenvalue weighted by Crippen LogP contribution is -2.38. The second kappa shape index (κ2) is 7.50. The van der Waals surface area contributed by atoms with Crippen molar-refractivity contribution in [3.63, 3.8) is 0 Å². The Morgan fingerprint density at radius 3 is 2.35 bits per heavy atom. The van der Waals surface area contributed by atoms with Crippen molar-refractivity contribution in [1.29, 1.82) is 0 Å². The molecule has 0 bridgehead atoms. The number of rotatable bonds is 4. The molecule has 1 aliphatic carbocycles. The van der Waals surface area contributed by atoms with E-state index in [-0.39, 0.29) is 17.4 Å². The van der Waals surface area contributed by atoms with Gasteiger partial charge in [-0.05, 0) is 42.7 Å². The van der Waals surface area contributed by atoms with Crippen LogP contribution in [-0.2, 0) is 31.6 Å². The summed E-state index contributed by atoms with van der Waals surface area (Å²) in [5.41, 5.74) is 2.13.